The van der Waals surface area contributed by atoms with Crippen LogP contribution in [0.15, 0.2) is 48.5 Å². The second-order valence-corrected chi connectivity index (χ2v) is 4.83. The lowest BCUT2D eigenvalue weighted by atomic mass is 10.1. The number of ether oxygens (including phenoxy) is 1. The van der Waals surface area contributed by atoms with Crippen molar-refractivity contribution in [3.05, 3.63) is 59.7 Å². The quantitative estimate of drug-likeness (QED) is 0.801. The molecule has 3 N–H and O–H groups in total. The van der Waals surface area contributed by atoms with Crippen molar-refractivity contribution >= 4 is 11.6 Å². The Morgan fingerprint density at radius 3 is 2.57 bits per heavy atom. The number of amides is 1. The molecule has 0 saturated heterocycles. The molecule has 4 heteroatoms. The predicted octanol–water partition coefficient (Wildman–Crippen LogP) is 2.53. The number of aryl methyl sites for hydroxylation is 1. The number of nitrogen functional groups attached to an aromatic ring is 1. The summed E-state index contributed by atoms with van der Waals surface area (Å²) in [7, 11) is 1.63. The minimum atomic E-state index is 0.0257. The van der Waals surface area contributed by atoms with E-state index in [-0.39, 0.29) is 5.91 Å². The van der Waals surface area contributed by atoms with Gasteiger partial charge in [0.05, 0.1) is 7.11 Å². The zero-order valence-corrected chi connectivity index (χ0v) is 12.1. The average Bonchev–Trinajstić information content (AvgIpc) is 2.52. The van der Waals surface area contributed by atoms with E-state index in [1.54, 1.807) is 7.11 Å². The van der Waals surface area contributed by atoms with Gasteiger partial charge < -0.3 is 15.8 Å². The van der Waals surface area contributed by atoms with Gasteiger partial charge in [-0.3, -0.25) is 4.79 Å². The molecule has 0 aliphatic carbocycles. The summed E-state index contributed by atoms with van der Waals surface area (Å²) in [6.45, 7) is 0.477. The molecule has 2 aromatic rings. The summed E-state index contributed by atoms with van der Waals surface area (Å²) in [6, 6.07) is 15.3. The lowest BCUT2D eigenvalue weighted by Gasteiger charge is -2.09. The fourth-order valence-electron chi connectivity index (χ4n) is 2.07. The van der Waals surface area contributed by atoms with Crippen molar-refractivity contribution in [2.75, 3.05) is 12.8 Å². The number of nitrogens with one attached hydrogen (secondary N) is 1. The molecule has 0 saturated carbocycles. The maximum Gasteiger partial charge on any atom is 0.220 e. The molecule has 0 bridgehead atoms. The first-order chi connectivity index (χ1) is 10.2. The number of benzene rings is 2. The highest BCUT2D eigenvalue weighted by atomic mass is 16.5. The number of nitrogens with two attached hydrogens (primary N) is 1. The lowest BCUT2D eigenvalue weighted by molar-refractivity contribution is -0.121. The van der Waals surface area contributed by atoms with E-state index >= 15 is 0 Å². The zero-order valence-electron chi connectivity index (χ0n) is 12.1. The molecule has 0 atom stereocenters. The molecule has 110 valence electrons. The summed E-state index contributed by atoms with van der Waals surface area (Å²) < 4.78 is 5.25. The van der Waals surface area contributed by atoms with Gasteiger partial charge in [-0.25, -0.2) is 0 Å². The Balaban J connectivity index is 1.81. The minimum absolute atomic E-state index is 0.0257. The molecule has 0 unspecified atom stereocenters. The molecular weight excluding hydrogens is 264 g/mol. The molecule has 2 aromatic carbocycles. The fourth-order valence-corrected chi connectivity index (χ4v) is 2.07. The highest BCUT2D eigenvalue weighted by molar-refractivity contribution is 5.76. The van der Waals surface area contributed by atoms with Gasteiger partial charge in [0.2, 0.25) is 5.91 Å². The second kappa shape index (κ2) is 7.33. The van der Waals surface area contributed by atoms with Gasteiger partial charge in [-0.1, -0.05) is 30.3 Å². The standard InChI is InChI=1S/C17H20N2O2/c1-21-16-5-3-2-4-14(16)12-19-17(20)11-8-13-6-9-15(18)10-7-13/h2-7,9-10H,8,11-12,18H2,1H3,(H,19,20). The number of methoxy groups -OCH3 is 1. The number of carbonyl (C=O) groups is 1. The molecule has 2 rings (SSSR count). The van der Waals surface area contributed by atoms with Crippen LogP contribution < -0.4 is 15.8 Å². The summed E-state index contributed by atoms with van der Waals surface area (Å²) >= 11 is 0. The number of para-hydroxylation sites is 1. The molecule has 0 aliphatic heterocycles. The molecule has 0 radical (unpaired) electrons. The van der Waals surface area contributed by atoms with Crippen LogP contribution >= 0.6 is 0 Å². The maximum absolute atomic E-state index is 11.9. The second-order valence-electron chi connectivity index (χ2n) is 4.83. The van der Waals surface area contributed by atoms with Crippen LogP contribution in [-0.2, 0) is 17.8 Å². The van der Waals surface area contributed by atoms with E-state index in [1.165, 1.54) is 0 Å². The van der Waals surface area contributed by atoms with Crippen molar-refractivity contribution in [3.63, 3.8) is 0 Å². The van der Waals surface area contributed by atoms with Gasteiger partial charge in [-0.2, -0.15) is 0 Å². The molecule has 1 amide bonds. The van der Waals surface area contributed by atoms with E-state index in [9.17, 15) is 4.79 Å². The van der Waals surface area contributed by atoms with Gasteiger partial charge in [-0.05, 0) is 30.2 Å². The van der Waals surface area contributed by atoms with Gasteiger partial charge >= 0.3 is 0 Å². The molecule has 4 nitrogen and oxygen atoms in total. The van der Waals surface area contributed by atoms with Crippen molar-refractivity contribution in [3.8, 4) is 5.75 Å². The summed E-state index contributed by atoms with van der Waals surface area (Å²) in [4.78, 5) is 11.9. The Labute approximate surface area is 124 Å². The lowest BCUT2D eigenvalue weighted by Crippen LogP contribution is -2.23. The number of hydrogen-bond acceptors (Lipinski definition) is 3. The smallest absolute Gasteiger partial charge is 0.220 e. The van der Waals surface area contributed by atoms with Crippen LogP contribution in [-0.4, -0.2) is 13.0 Å². The molecule has 21 heavy (non-hydrogen) atoms. The Morgan fingerprint density at radius 1 is 1.14 bits per heavy atom. The van der Waals surface area contributed by atoms with Crippen LogP contribution in [0.3, 0.4) is 0 Å². The molecule has 0 heterocycles. The van der Waals surface area contributed by atoms with E-state index in [0.29, 0.717) is 19.4 Å². The SMILES string of the molecule is COc1ccccc1CNC(=O)CCc1ccc(N)cc1. The van der Waals surface area contributed by atoms with Crippen molar-refractivity contribution < 1.29 is 9.53 Å². The number of anilines is 1. The van der Waals surface area contributed by atoms with E-state index in [4.69, 9.17) is 10.5 Å². The first-order valence-electron chi connectivity index (χ1n) is 6.92. The third-order valence-corrected chi connectivity index (χ3v) is 3.29. The molecule has 0 aromatic heterocycles. The van der Waals surface area contributed by atoms with Crippen molar-refractivity contribution in [2.45, 2.75) is 19.4 Å². The first-order valence-corrected chi connectivity index (χ1v) is 6.92. The largest absolute Gasteiger partial charge is 0.496 e. The van der Waals surface area contributed by atoms with Crippen LogP contribution in [0, 0.1) is 0 Å². The van der Waals surface area contributed by atoms with Gasteiger partial charge in [0.15, 0.2) is 0 Å². The third-order valence-electron chi connectivity index (χ3n) is 3.29. The van der Waals surface area contributed by atoms with Gasteiger partial charge in [0.1, 0.15) is 5.75 Å². The third kappa shape index (κ3) is 4.53. The monoisotopic (exact) mass is 284 g/mol. The van der Waals surface area contributed by atoms with E-state index in [2.05, 4.69) is 5.32 Å². The maximum atomic E-state index is 11.9. The predicted molar refractivity (Wildman–Crippen MR) is 84.0 cm³/mol. The Morgan fingerprint density at radius 2 is 1.86 bits per heavy atom. The van der Waals surface area contributed by atoms with Crippen molar-refractivity contribution in [1.82, 2.24) is 5.32 Å². The van der Waals surface area contributed by atoms with E-state index in [0.717, 1.165) is 22.6 Å². The van der Waals surface area contributed by atoms with Crippen LogP contribution in [0.5, 0.6) is 5.75 Å². The summed E-state index contributed by atoms with van der Waals surface area (Å²) in [5, 5.41) is 2.91. The summed E-state index contributed by atoms with van der Waals surface area (Å²) in [6.07, 6.45) is 1.16. The van der Waals surface area contributed by atoms with Gasteiger partial charge in [0.25, 0.3) is 0 Å². The highest BCUT2D eigenvalue weighted by Crippen LogP contribution is 2.16. The number of carbonyl (C=O) groups excluding carboxylic acids is 1. The number of hydrogen-bond donors (Lipinski definition) is 2. The zero-order chi connectivity index (χ0) is 15.1. The van der Waals surface area contributed by atoms with Crippen LogP contribution in [0.2, 0.25) is 0 Å². The Kier molecular flexibility index (Phi) is 5.21. The van der Waals surface area contributed by atoms with E-state index in [1.807, 2.05) is 48.5 Å². The van der Waals surface area contributed by atoms with Crippen molar-refractivity contribution in [1.29, 1.82) is 0 Å². The van der Waals surface area contributed by atoms with Crippen molar-refractivity contribution in [2.24, 2.45) is 0 Å². The van der Waals surface area contributed by atoms with Crippen LogP contribution in [0.1, 0.15) is 17.5 Å². The molecule has 0 fully saturated rings. The van der Waals surface area contributed by atoms with Crippen LogP contribution in [0.4, 0.5) is 5.69 Å². The van der Waals surface area contributed by atoms with Crippen LogP contribution in [0.25, 0.3) is 0 Å². The minimum Gasteiger partial charge on any atom is -0.496 e. The highest BCUT2D eigenvalue weighted by Gasteiger charge is 2.05. The summed E-state index contributed by atoms with van der Waals surface area (Å²) in [5.41, 5.74) is 8.45. The average molecular weight is 284 g/mol. The normalized spacial score (nSPS) is 10.1. The first kappa shape index (κ1) is 14.9. The molecular formula is C17H20N2O2. The Bertz CT molecular complexity index is 594. The molecule has 0 aliphatic rings. The fraction of sp³-hybridized carbons (Fsp3) is 0.235. The Hall–Kier alpha value is -2.49. The van der Waals surface area contributed by atoms with Gasteiger partial charge in [0, 0.05) is 24.2 Å². The number of rotatable bonds is 6. The topological polar surface area (TPSA) is 64.3 Å². The summed E-state index contributed by atoms with van der Waals surface area (Å²) in [5.74, 6) is 0.814. The molecule has 0 spiro atoms. The van der Waals surface area contributed by atoms with E-state index < -0.39 is 0 Å². The van der Waals surface area contributed by atoms with Gasteiger partial charge in [-0.15, -0.1) is 0 Å².